The van der Waals surface area contributed by atoms with Crippen molar-refractivity contribution in [2.75, 3.05) is 18.4 Å². The van der Waals surface area contributed by atoms with Crippen molar-refractivity contribution in [1.29, 1.82) is 0 Å². The minimum Gasteiger partial charge on any atom is -0.352 e. The van der Waals surface area contributed by atoms with Gasteiger partial charge in [0.15, 0.2) is 0 Å². The van der Waals surface area contributed by atoms with Gasteiger partial charge in [0.2, 0.25) is 5.95 Å². The second-order valence-corrected chi connectivity index (χ2v) is 8.52. The number of anilines is 1. The Kier molecular flexibility index (Phi) is 5.87. The van der Waals surface area contributed by atoms with Crippen LogP contribution in [0, 0.1) is 0 Å². The molecule has 1 aromatic carbocycles. The lowest BCUT2D eigenvalue weighted by atomic mass is 9.99. The van der Waals surface area contributed by atoms with Crippen LogP contribution in [-0.4, -0.2) is 44.9 Å². The first kappa shape index (κ1) is 19.3. The summed E-state index contributed by atoms with van der Waals surface area (Å²) in [5.41, 5.74) is 1.50. The van der Waals surface area contributed by atoms with Gasteiger partial charge in [0.25, 0.3) is 5.91 Å². The fraction of sp³-hybridized carbons (Fsp3) is 0.300. The zero-order valence-corrected chi connectivity index (χ0v) is 18.3. The summed E-state index contributed by atoms with van der Waals surface area (Å²) in [6.45, 7) is 1.38. The molecule has 1 amide bonds. The number of amides is 1. The smallest absolute Gasteiger partial charge is 0.254 e. The fourth-order valence-corrected chi connectivity index (χ4v) is 4.25. The van der Waals surface area contributed by atoms with Crippen LogP contribution in [0.15, 0.2) is 51.8 Å². The van der Waals surface area contributed by atoms with E-state index in [1.807, 2.05) is 29.2 Å². The molecule has 3 aromatic rings. The van der Waals surface area contributed by atoms with Crippen molar-refractivity contribution >= 4 is 54.6 Å². The van der Waals surface area contributed by atoms with Gasteiger partial charge in [0.05, 0.1) is 15.6 Å². The summed E-state index contributed by atoms with van der Waals surface area (Å²) < 4.78 is 1.73. The maximum atomic E-state index is 13.4. The molecule has 0 radical (unpaired) electrons. The molecule has 6 nitrogen and oxygen atoms in total. The molecule has 1 atom stereocenters. The van der Waals surface area contributed by atoms with Crippen LogP contribution < -0.4 is 5.32 Å². The standard InChI is InChI=1S/C20H19Br2N5O/c21-13-10-24-20(25-11-13)26-12-14-4-1-2-9-27(14)19(28)16-7-8-23-18-15(16)5-3-6-17(18)22/h3,5-8,10-11,14H,1-2,4,9,12H2,(H,24,25,26). The number of rotatable bonds is 4. The second kappa shape index (κ2) is 8.53. The van der Waals surface area contributed by atoms with Crippen LogP contribution >= 0.6 is 31.9 Å². The van der Waals surface area contributed by atoms with Crippen molar-refractivity contribution in [3.63, 3.8) is 0 Å². The Hall–Kier alpha value is -2.06. The van der Waals surface area contributed by atoms with Crippen LogP contribution in [0.1, 0.15) is 29.6 Å². The van der Waals surface area contributed by atoms with Gasteiger partial charge in [-0.1, -0.05) is 12.1 Å². The number of benzene rings is 1. The summed E-state index contributed by atoms with van der Waals surface area (Å²) in [4.78, 5) is 28.3. The van der Waals surface area contributed by atoms with Gasteiger partial charge < -0.3 is 10.2 Å². The molecule has 1 aliphatic heterocycles. The van der Waals surface area contributed by atoms with E-state index in [4.69, 9.17) is 0 Å². The van der Waals surface area contributed by atoms with Crippen LogP contribution in [-0.2, 0) is 0 Å². The van der Waals surface area contributed by atoms with E-state index in [2.05, 4.69) is 52.1 Å². The highest BCUT2D eigenvalue weighted by molar-refractivity contribution is 9.11. The number of hydrogen-bond acceptors (Lipinski definition) is 5. The van der Waals surface area contributed by atoms with E-state index in [9.17, 15) is 4.79 Å². The Morgan fingerprint density at radius 1 is 1.14 bits per heavy atom. The molecule has 1 N–H and O–H groups in total. The molecule has 0 saturated carbocycles. The van der Waals surface area contributed by atoms with E-state index in [1.54, 1.807) is 18.6 Å². The molecule has 1 fully saturated rings. The molecule has 1 aliphatic rings. The van der Waals surface area contributed by atoms with E-state index in [-0.39, 0.29) is 11.9 Å². The van der Waals surface area contributed by atoms with Crippen molar-refractivity contribution < 1.29 is 4.79 Å². The summed E-state index contributed by atoms with van der Waals surface area (Å²) in [6.07, 6.45) is 8.21. The first-order chi connectivity index (χ1) is 13.6. The Morgan fingerprint density at radius 3 is 2.79 bits per heavy atom. The Labute approximate surface area is 180 Å². The number of piperidine rings is 1. The quantitative estimate of drug-likeness (QED) is 0.559. The van der Waals surface area contributed by atoms with Crippen LogP contribution in [0.25, 0.3) is 10.9 Å². The monoisotopic (exact) mass is 503 g/mol. The maximum absolute atomic E-state index is 13.4. The van der Waals surface area contributed by atoms with Gasteiger partial charge in [-0.05, 0) is 63.3 Å². The average Bonchev–Trinajstić information content (AvgIpc) is 2.73. The first-order valence-corrected chi connectivity index (χ1v) is 10.8. The molecule has 3 heterocycles. The zero-order chi connectivity index (χ0) is 19.5. The maximum Gasteiger partial charge on any atom is 0.254 e. The third-order valence-electron chi connectivity index (χ3n) is 4.96. The third kappa shape index (κ3) is 4.03. The lowest BCUT2D eigenvalue weighted by Gasteiger charge is -2.36. The van der Waals surface area contributed by atoms with Crippen molar-refractivity contribution in [3.05, 3.63) is 57.4 Å². The topological polar surface area (TPSA) is 71.0 Å². The van der Waals surface area contributed by atoms with Crippen LogP contribution in [0.4, 0.5) is 5.95 Å². The lowest BCUT2D eigenvalue weighted by Crippen LogP contribution is -2.47. The molecule has 0 bridgehead atoms. The largest absolute Gasteiger partial charge is 0.352 e. The minimum atomic E-state index is 0.0497. The third-order valence-corrected chi connectivity index (χ3v) is 6.01. The molecule has 0 aliphatic carbocycles. The molecule has 144 valence electrons. The molecule has 2 aromatic heterocycles. The predicted molar refractivity (Wildman–Crippen MR) is 116 cm³/mol. The number of carbonyl (C=O) groups is 1. The van der Waals surface area contributed by atoms with Gasteiger partial charge in [-0.25, -0.2) is 9.97 Å². The highest BCUT2D eigenvalue weighted by Gasteiger charge is 2.28. The molecular formula is C20H19Br2N5O. The van der Waals surface area contributed by atoms with Crippen molar-refractivity contribution in [1.82, 2.24) is 19.9 Å². The van der Waals surface area contributed by atoms with Gasteiger partial charge in [0, 0.05) is 47.6 Å². The Balaban J connectivity index is 1.56. The highest BCUT2D eigenvalue weighted by Crippen LogP contribution is 2.27. The number of nitrogens with zero attached hydrogens (tertiary/aromatic N) is 4. The zero-order valence-electron chi connectivity index (χ0n) is 15.1. The SMILES string of the molecule is O=C(c1ccnc2c(Br)cccc12)N1CCCCC1CNc1ncc(Br)cn1. The van der Waals surface area contributed by atoms with Crippen molar-refractivity contribution in [2.45, 2.75) is 25.3 Å². The summed E-state index contributed by atoms with van der Waals surface area (Å²) in [5.74, 6) is 0.619. The lowest BCUT2D eigenvalue weighted by molar-refractivity contribution is 0.0630. The number of halogens is 2. The van der Waals surface area contributed by atoms with Crippen LogP contribution in [0.3, 0.4) is 0 Å². The highest BCUT2D eigenvalue weighted by atomic mass is 79.9. The van der Waals surface area contributed by atoms with E-state index in [1.165, 1.54) is 0 Å². The number of aromatic nitrogens is 3. The molecule has 4 rings (SSSR count). The Morgan fingerprint density at radius 2 is 1.96 bits per heavy atom. The van der Waals surface area contributed by atoms with Crippen molar-refractivity contribution in [3.8, 4) is 0 Å². The molecule has 28 heavy (non-hydrogen) atoms. The van der Waals surface area contributed by atoms with E-state index < -0.39 is 0 Å². The molecule has 0 spiro atoms. The van der Waals surface area contributed by atoms with Gasteiger partial charge in [0.1, 0.15) is 0 Å². The molecule has 1 saturated heterocycles. The van der Waals surface area contributed by atoms with E-state index >= 15 is 0 Å². The number of carbonyl (C=O) groups excluding carboxylic acids is 1. The molecule has 1 unspecified atom stereocenters. The van der Waals surface area contributed by atoms with Gasteiger partial charge in [-0.15, -0.1) is 0 Å². The summed E-state index contributed by atoms with van der Waals surface area (Å²) >= 11 is 6.87. The fourth-order valence-electron chi connectivity index (χ4n) is 3.57. The molecule has 8 heteroatoms. The molecular weight excluding hydrogens is 486 g/mol. The number of hydrogen-bond donors (Lipinski definition) is 1. The van der Waals surface area contributed by atoms with Crippen molar-refractivity contribution in [2.24, 2.45) is 0 Å². The number of likely N-dealkylation sites (tertiary alicyclic amines) is 1. The van der Waals surface area contributed by atoms with Gasteiger partial charge in [-0.3, -0.25) is 9.78 Å². The normalized spacial score (nSPS) is 16.9. The van der Waals surface area contributed by atoms with Gasteiger partial charge >= 0.3 is 0 Å². The first-order valence-electron chi connectivity index (χ1n) is 9.19. The van der Waals surface area contributed by atoms with E-state index in [0.717, 1.165) is 45.7 Å². The second-order valence-electron chi connectivity index (χ2n) is 6.75. The number of fused-ring (bicyclic) bond motifs is 1. The summed E-state index contributed by atoms with van der Waals surface area (Å²) in [5, 5.41) is 4.14. The summed E-state index contributed by atoms with van der Waals surface area (Å²) in [6, 6.07) is 7.74. The number of nitrogens with one attached hydrogen (secondary N) is 1. The average molecular weight is 505 g/mol. The summed E-state index contributed by atoms with van der Waals surface area (Å²) in [7, 11) is 0. The van der Waals surface area contributed by atoms with Gasteiger partial charge in [-0.2, -0.15) is 0 Å². The van der Waals surface area contributed by atoms with E-state index in [0.29, 0.717) is 18.1 Å². The van der Waals surface area contributed by atoms with Crippen LogP contribution in [0.5, 0.6) is 0 Å². The minimum absolute atomic E-state index is 0.0497. The predicted octanol–water partition coefficient (Wildman–Crippen LogP) is 4.66. The number of pyridine rings is 1. The number of para-hydroxylation sites is 1. The van der Waals surface area contributed by atoms with Crippen LogP contribution in [0.2, 0.25) is 0 Å². The Bertz CT molecular complexity index is 996.